The number of amides is 1. The fourth-order valence-electron chi connectivity index (χ4n) is 4.75. The second-order valence-corrected chi connectivity index (χ2v) is 10.4. The largest absolute Gasteiger partial charge is 0.348 e. The molecule has 2 aliphatic heterocycles. The van der Waals surface area contributed by atoms with Crippen molar-refractivity contribution in [1.29, 1.82) is 0 Å². The summed E-state index contributed by atoms with van der Waals surface area (Å²) in [5, 5.41) is 3.04. The van der Waals surface area contributed by atoms with Gasteiger partial charge in [-0.2, -0.15) is 0 Å². The van der Waals surface area contributed by atoms with Crippen molar-refractivity contribution in [2.24, 2.45) is 0 Å². The topological polar surface area (TPSA) is 70.9 Å². The van der Waals surface area contributed by atoms with Crippen LogP contribution in [0.25, 0.3) is 0 Å². The Morgan fingerprint density at radius 2 is 1.83 bits per heavy atom. The molecular weight excluding hydrogens is 398 g/mol. The van der Waals surface area contributed by atoms with Crippen LogP contribution in [0.15, 0.2) is 42.5 Å². The number of rotatable bonds is 6. The van der Waals surface area contributed by atoms with Crippen LogP contribution >= 0.6 is 0 Å². The molecule has 0 spiro atoms. The highest BCUT2D eigenvalue weighted by molar-refractivity contribution is 7.92. The molecule has 2 aromatic rings. The molecule has 1 atom stereocenters. The molecule has 2 N–H and O–H groups in total. The van der Waals surface area contributed by atoms with Gasteiger partial charge >= 0.3 is 0 Å². The molecule has 0 radical (unpaired) electrons. The van der Waals surface area contributed by atoms with Crippen molar-refractivity contribution in [3.8, 4) is 0 Å². The highest BCUT2D eigenvalue weighted by Crippen LogP contribution is 2.34. The number of carbonyl (C=O) groups is 1. The van der Waals surface area contributed by atoms with E-state index in [9.17, 15) is 13.2 Å². The van der Waals surface area contributed by atoms with Gasteiger partial charge in [0.2, 0.25) is 10.0 Å². The molecule has 4 rings (SSSR count). The van der Waals surface area contributed by atoms with Gasteiger partial charge in [0.1, 0.15) is 6.54 Å². The van der Waals surface area contributed by atoms with E-state index in [1.807, 2.05) is 19.1 Å². The van der Waals surface area contributed by atoms with E-state index in [1.54, 1.807) is 17.0 Å². The van der Waals surface area contributed by atoms with Crippen molar-refractivity contribution in [3.63, 3.8) is 0 Å². The lowest BCUT2D eigenvalue weighted by molar-refractivity contribution is -0.901. The van der Waals surface area contributed by atoms with Crippen LogP contribution in [-0.4, -0.2) is 39.7 Å². The molecule has 2 heterocycles. The van der Waals surface area contributed by atoms with Crippen LogP contribution in [-0.2, 0) is 29.5 Å². The van der Waals surface area contributed by atoms with Gasteiger partial charge in [0, 0.05) is 36.6 Å². The van der Waals surface area contributed by atoms with E-state index in [1.165, 1.54) is 42.1 Å². The lowest BCUT2D eigenvalue weighted by Gasteiger charge is -2.21. The van der Waals surface area contributed by atoms with Gasteiger partial charge in [-0.3, -0.25) is 9.10 Å². The standard InChI is InChI=1S/C23H29N3O3S/c1-17-13-21-14-18(9-10-22(21)26(17)30(2,28)29)23(27)24-15-19-7-3-4-8-20(19)16-25-11-5-6-12-25/h3-4,7-10,14,17H,5-6,11-13,15-16H2,1-2H3,(H,24,27)/p+1/t17-/m1/s1. The molecule has 0 bridgehead atoms. The minimum absolute atomic E-state index is 0.131. The Balaban J connectivity index is 1.45. The molecule has 2 aliphatic rings. The number of likely N-dealkylation sites (tertiary alicyclic amines) is 1. The van der Waals surface area contributed by atoms with Crippen LogP contribution in [0, 0.1) is 0 Å². The van der Waals surface area contributed by atoms with Crippen molar-refractivity contribution in [1.82, 2.24) is 5.32 Å². The zero-order chi connectivity index (χ0) is 21.3. The first-order valence-electron chi connectivity index (χ1n) is 10.6. The van der Waals surface area contributed by atoms with Gasteiger partial charge in [-0.05, 0) is 42.7 Å². The first kappa shape index (κ1) is 20.9. The molecule has 0 aliphatic carbocycles. The van der Waals surface area contributed by atoms with Crippen molar-refractivity contribution < 1.29 is 18.1 Å². The van der Waals surface area contributed by atoms with E-state index < -0.39 is 10.0 Å². The molecule has 0 saturated carbocycles. The van der Waals surface area contributed by atoms with Gasteiger partial charge in [-0.1, -0.05) is 24.3 Å². The molecule has 2 aromatic carbocycles. The number of fused-ring (bicyclic) bond motifs is 1. The predicted molar refractivity (Wildman–Crippen MR) is 118 cm³/mol. The lowest BCUT2D eigenvalue weighted by atomic mass is 10.1. The summed E-state index contributed by atoms with van der Waals surface area (Å²) in [7, 11) is -3.33. The fraction of sp³-hybridized carbons (Fsp3) is 0.435. The molecule has 0 aromatic heterocycles. The summed E-state index contributed by atoms with van der Waals surface area (Å²) in [6.07, 6.45) is 4.43. The summed E-state index contributed by atoms with van der Waals surface area (Å²) < 4.78 is 25.6. The number of nitrogens with zero attached hydrogens (tertiary/aromatic N) is 1. The zero-order valence-corrected chi connectivity index (χ0v) is 18.5. The van der Waals surface area contributed by atoms with E-state index in [0.717, 1.165) is 17.7 Å². The molecule has 160 valence electrons. The van der Waals surface area contributed by atoms with Gasteiger partial charge in [0.15, 0.2) is 0 Å². The molecular formula is C23H30N3O3S+. The molecule has 6 nitrogen and oxygen atoms in total. The summed E-state index contributed by atoms with van der Waals surface area (Å²) in [4.78, 5) is 14.4. The van der Waals surface area contributed by atoms with Crippen molar-refractivity contribution in [2.75, 3.05) is 23.7 Å². The second kappa shape index (κ2) is 8.40. The van der Waals surface area contributed by atoms with Crippen molar-refractivity contribution >= 4 is 21.6 Å². The monoisotopic (exact) mass is 428 g/mol. The third kappa shape index (κ3) is 4.37. The SMILES string of the molecule is C[C@@H]1Cc2cc(C(=O)NCc3ccccc3C[NH+]3CCCC3)ccc2N1S(C)(=O)=O. The lowest BCUT2D eigenvalue weighted by Crippen LogP contribution is -3.08. The maximum absolute atomic E-state index is 12.8. The number of benzene rings is 2. The summed E-state index contributed by atoms with van der Waals surface area (Å²) in [5.74, 6) is -0.133. The molecule has 30 heavy (non-hydrogen) atoms. The van der Waals surface area contributed by atoms with Crippen LogP contribution in [0.4, 0.5) is 5.69 Å². The number of carbonyl (C=O) groups excluding carboxylic acids is 1. The third-order valence-electron chi connectivity index (χ3n) is 6.16. The molecule has 1 amide bonds. The number of quaternary nitrogens is 1. The van der Waals surface area contributed by atoms with Gasteiger partial charge in [0.25, 0.3) is 5.91 Å². The third-order valence-corrected chi connectivity index (χ3v) is 7.43. The van der Waals surface area contributed by atoms with E-state index in [0.29, 0.717) is 24.2 Å². The summed E-state index contributed by atoms with van der Waals surface area (Å²) in [5.41, 5.74) is 4.60. The zero-order valence-electron chi connectivity index (χ0n) is 17.6. The number of anilines is 1. The fourth-order valence-corrected chi connectivity index (χ4v) is 6.01. The summed E-state index contributed by atoms with van der Waals surface area (Å²) in [6, 6.07) is 13.5. The van der Waals surface area contributed by atoms with Crippen LogP contribution < -0.4 is 14.5 Å². The van der Waals surface area contributed by atoms with Gasteiger partial charge in [-0.15, -0.1) is 0 Å². The molecule has 1 saturated heterocycles. The number of hydrogen-bond donors (Lipinski definition) is 2. The Bertz CT molecular complexity index is 1050. The molecule has 1 fully saturated rings. The maximum Gasteiger partial charge on any atom is 0.251 e. The quantitative estimate of drug-likeness (QED) is 0.733. The van der Waals surface area contributed by atoms with Crippen LogP contribution in [0.5, 0.6) is 0 Å². The van der Waals surface area contributed by atoms with E-state index >= 15 is 0 Å². The molecule has 0 unspecified atom stereocenters. The average molecular weight is 429 g/mol. The Morgan fingerprint density at radius 3 is 2.53 bits per heavy atom. The van der Waals surface area contributed by atoms with Gasteiger partial charge in [-0.25, -0.2) is 8.42 Å². The highest BCUT2D eigenvalue weighted by Gasteiger charge is 2.32. The van der Waals surface area contributed by atoms with Crippen molar-refractivity contribution in [3.05, 3.63) is 64.7 Å². The predicted octanol–water partition coefficient (Wildman–Crippen LogP) is 1.51. The average Bonchev–Trinajstić information content (AvgIpc) is 3.32. The number of hydrogen-bond acceptors (Lipinski definition) is 3. The second-order valence-electron chi connectivity index (χ2n) is 8.54. The van der Waals surface area contributed by atoms with Crippen LogP contribution in [0.1, 0.15) is 46.8 Å². The smallest absolute Gasteiger partial charge is 0.251 e. The first-order valence-corrected chi connectivity index (χ1v) is 12.5. The minimum atomic E-state index is -3.33. The summed E-state index contributed by atoms with van der Waals surface area (Å²) in [6.45, 7) is 5.83. The normalized spacial score (nSPS) is 19.1. The number of nitrogens with one attached hydrogen (secondary N) is 2. The Hall–Kier alpha value is -2.38. The minimum Gasteiger partial charge on any atom is -0.348 e. The van der Waals surface area contributed by atoms with E-state index in [2.05, 4.69) is 23.5 Å². The Kier molecular flexibility index (Phi) is 5.84. The first-order chi connectivity index (χ1) is 14.3. The van der Waals surface area contributed by atoms with E-state index in [-0.39, 0.29) is 11.9 Å². The van der Waals surface area contributed by atoms with Crippen LogP contribution in [0.2, 0.25) is 0 Å². The maximum atomic E-state index is 12.8. The van der Waals surface area contributed by atoms with Crippen LogP contribution in [0.3, 0.4) is 0 Å². The van der Waals surface area contributed by atoms with Gasteiger partial charge in [0.05, 0.1) is 25.0 Å². The van der Waals surface area contributed by atoms with Crippen molar-refractivity contribution in [2.45, 2.75) is 45.3 Å². The van der Waals surface area contributed by atoms with E-state index in [4.69, 9.17) is 0 Å². The highest BCUT2D eigenvalue weighted by atomic mass is 32.2. The summed E-state index contributed by atoms with van der Waals surface area (Å²) >= 11 is 0. The number of sulfonamides is 1. The Morgan fingerprint density at radius 1 is 1.13 bits per heavy atom. The van der Waals surface area contributed by atoms with Gasteiger partial charge < -0.3 is 10.2 Å². The molecule has 7 heteroatoms. The Labute approximate surface area is 178 Å².